The van der Waals surface area contributed by atoms with Crippen molar-refractivity contribution in [3.63, 3.8) is 0 Å². The van der Waals surface area contributed by atoms with E-state index in [0.717, 1.165) is 23.4 Å². The van der Waals surface area contributed by atoms with Crippen LogP contribution in [-0.2, 0) is 6.54 Å². The van der Waals surface area contributed by atoms with E-state index in [1.165, 1.54) is 23.3 Å². The van der Waals surface area contributed by atoms with Gasteiger partial charge in [-0.05, 0) is 42.4 Å². The molecular formula is C12H16ClNS. The normalized spacial score (nSPS) is 15.6. The van der Waals surface area contributed by atoms with Gasteiger partial charge in [0.05, 0.1) is 0 Å². The van der Waals surface area contributed by atoms with E-state index in [1.807, 2.05) is 17.8 Å². The molecule has 0 heterocycles. The van der Waals surface area contributed by atoms with E-state index in [9.17, 15) is 0 Å². The molecular weight excluding hydrogens is 226 g/mol. The molecule has 82 valence electrons. The number of benzene rings is 1. The van der Waals surface area contributed by atoms with E-state index in [2.05, 4.69) is 24.4 Å². The maximum atomic E-state index is 6.01. The third kappa shape index (κ3) is 3.40. The Morgan fingerprint density at radius 2 is 2.27 bits per heavy atom. The second-order valence-corrected chi connectivity index (χ2v) is 5.58. The molecule has 1 nitrogen and oxygen atoms in total. The van der Waals surface area contributed by atoms with Crippen molar-refractivity contribution in [2.75, 3.05) is 5.75 Å². The summed E-state index contributed by atoms with van der Waals surface area (Å²) in [7, 11) is 0. The lowest BCUT2D eigenvalue weighted by atomic mass is 10.2. The second kappa shape index (κ2) is 5.24. The largest absolute Gasteiger partial charge is 0.310 e. The number of nitrogens with one attached hydrogen (secondary N) is 1. The Morgan fingerprint density at radius 3 is 2.93 bits per heavy atom. The highest BCUT2D eigenvalue weighted by Crippen LogP contribution is 2.27. The maximum absolute atomic E-state index is 6.01. The summed E-state index contributed by atoms with van der Waals surface area (Å²) in [5.41, 5.74) is 1.33. The molecule has 15 heavy (non-hydrogen) atoms. The molecule has 1 saturated carbocycles. The average Bonchev–Trinajstić information content (AvgIpc) is 3.02. The first-order valence-corrected chi connectivity index (χ1v) is 6.80. The highest BCUT2D eigenvalue weighted by atomic mass is 35.5. The molecule has 3 heteroatoms. The van der Waals surface area contributed by atoms with Gasteiger partial charge in [0.1, 0.15) is 0 Å². The smallest absolute Gasteiger partial charge is 0.0410 e. The van der Waals surface area contributed by atoms with E-state index < -0.39 is 0 Å². The summed E-state index contributed by atoms with van der Waals surface area (Å²) in [6.45, 7) is 3.13. The maximum Gasteiger partial charge on any atom is 0.0410 e. The lowest BCUT2D eigenvalue weighted by Gasteiger charge is -2.09. The Bertz CT molecular complexity index is 336. The summed E-state index contributed by atoms with van der Waals surface area (Å²) < 4.78 is 0. The van der Waals surface area contributed by atoms with Crippen LogP contribution in [0.1, 0.15) is 25.3 Å². The zero-order valence-electron chi connectivity index (χ0n) is 8.92. The summed E-state index contributed by atoms with van der Waals surface area (Å²) in [4.78, 5) is 1.36. The molecule has 1 aliphatic carbocycles. The van der Waals surface area contributed by atoms with Crippen molar-refractivity contribution >= 4 is 23.4 Å². The minimum absolute atomic E-state index is 0.753. The molecule has 0 aromatic heterocycles. The van der Waals surface area contributed by atoms with Gasteiger partial charge in [-0.15, -0.1) is 11.8 Å². The van der Waals surface area contributed by atoms with Crippen LogP contribution in [-0.4, -0.2) is 11.8 Å². The van der Waals surface area contributed by atoms with Crippen molar-refractivity contribution in [2.24, 2.45) is 0 Å². The van der Waals surface area contributed by atoms with E-state index in [1.54, 1.807) is 0 Å². The molecule has 0 bridgehead atoms. The predicted octanol–water partition coefficient (Wildman–Crippen LogP) is 3.70. The van der Waals surface area contributed by atoms with Crippen molar-refractivity contribution in [3.05, 3.63) is 28.8 Å². The van der Waals surface area contributed by atoms with Crippen LogP contribution in [0.5, 0.6) is 0 Å². The van der Waals surface area contributed by atoms with Crippen LogP contribution < -0.4 is 5.32 Å². The molecule has 0 amide bonds. The molecule has 1 aromatic rings. The second-order valence-electron chi connectivity index (χ2n) is 3.84. The molecule has 0 spiro atoms. The van der Waals surface area contributed by atoms with E-state index in [0.29, 0.717) is 0 Å². The topological polar surface area (TPSA) is 12.0 Å². The van der Waals surface area contributed by atoms with Gasteiger partial charge >= 0.3 is 0 Å². The van der Waals surface area contributed by atoms with Crippen LogP contribution in [0.4, 0.5) is 0 Å². The Morgan fingerprint density at radius 1 is 1.47 bits per heavy atom. The first-order valence-electron chi connectivity index (χ1n) is 5.44. The summed E-state index contributed by atoms with van der Waals surface area (Å²) in [5.74, 6) is 1.11. The Hall–Kier alpha value is -0.180. The highest BCUT2D eigenvalue weighted by molar-refractivity contribution is 7.99. The number of rotatable bonds is 5. The van der Waals surface area contributed by atoms with Gasteiger partial charge in [0.2, 0.25) is 0 Å². The van der Waals surface area contributed by atoms with Crippen molar-refractivity contribution in [1.82, 2.24) is 5.32 Å². The van der Waals surface area contributed by atoms with Gasteiger partial charge < -0.3 is 5.32 Å². The van der Waals surface area contributed by atoms with Crippen LogP contribution in [0.25, 0.3) is 0 Å². The molecule has 2 rings (SSSR count). The molecule has 0 radical (unpaired) electrons. The molecule has 1 aromatic carbocycles. The fourth-order valence-corrected chi connectivity index (χ4v) is 2.51. The van der Waals surface area contributed by atoms with E-state index in [4.69, 9.17) is 11.6 Å². The van der Waals surface area contributed by atoms with Gasteiger partial charge in [0, 0.05) is 22.5 Å². The van der Waals surface area contributed by atoms with Crippen molar-refractivity contribution < 1.29 is 0 Å². The first kappa shape index (κ1) is 11.3. The van der Waals surface area contributed by atoms with Gasteiger partial charge in [-0.2, -0.15) is 0 Å². The van der Waals surface area contributed by atoms with Crippen LogP contribution in [0.3, 0.4) is 0 Å². The highest BCUT2D eigenvalue weighted by Gasteiger charge is 2.20. The van der Waals surface area contributed by atoms with Crippen molar-refractivity contribution in [2.45, 2.75) is 37.2 Å². The fraction of sp³-hybridized carbons (Fsp3) is 0.500. The lowest BCUT2D eigenvalue weighted by Crippen LogP contribution is -2.15. The quantitative estimate of drug-likeness (QED) is 0.789. The predicted molar refractivity (Wildman–Crippen MR) is 67.7 cm³/mol. The molecule has 0 aliphatic heterocycles. The van der Waals surface area contributed by atoms with E-state index in [-0.39, 0.29) is 0 Å². The Labute approximate surface area is 101 Å². The summed E-state index contributed by atoms with van der Waals surface area (Å²) in [6, 6.07) is 6.93. The molecule has 0 unspecified atom stereocenters. The van der Waals surface area contributed by atoms with Gasteiger partial charge in [-0.25, -0.2) is 0 Å². The Balaban J connectivity index is 2.05. The van der Waals surface area contributed by atoms with Crippen LogP contribution in [0, 0.1) is 0 Å². The average molecular weight is 242 g/mol. The molecule has 0 saturated heterocycles. The number of hydrogen-bond acceptors (Lipinski definition) is 2. The SMILES string of the molecule is CCSc1ccc(Cl)cc1CNC1CC1. The molecule has 1 N–H and O–H groups in total. The third-order valence-corrected chi connectivity index (χ3v) is 3.71. The molecule has 1 fully saturated rings. The minimum atomic E-state index is 0.753. The van der Waals surface area contributed by atoms with Gasteiger partial charge in [0.15, 0.2) is 0 Å². The monoisotopic (exact) mass is 241 g/mol. The van der Waals surface area contributed by atoms with Crippen molar-refractivity contribution in [3.8, 4) is 0 Å². The zero-order chi connectivity index (χ0) is 10.7. The number of hydrogen-bond donors (Lipinski definition) is 1. The first-order chi connectivity index (χ1) is 7.29. The number of thioether (sulfide) groups is 1. The standard InChI is InChI=1S/C12H16ClNS/c1-2-15-12-6-3-10(13)7-9(12)8-14-11-4-5-11/h3,6-7,11,14H,2,4-5,8H2,1H3. The summed E-state index contributed by atoms with van der Waals surface area (Å²) in [6.07, 6.45) is 2.66. The van der Waals surface area contributed by atoms with Gasteiger partial charge in [-0.1, -0.05) is 18.5 Å². The van der Waals surface area contributed by atoms with Crippen LogP contribution >= 0.6 is 23.4 Å². The van der Waals surface area contributed by atoms with Gasteiger partial charge in [0.25, 0.3) is 0 Å². The van der Waals surface area contributed by atoms with Crippen LogP contribution in [0.15, 0.2) is 23.1 Å². The van der Waals surface area contributed by atoms with Crippen LogP contribution in [0.2, 0.25) is 5.02 Å². The summed E-state index contributed by atoms with van der Waals surface area (Å²) in [5, 5.41) is 4.36. The van der Waals surface area contributed by atoms with E-state index >= 15 is 0 Å². The van der Waals surface area contributed by atoms with Crippen molar-refractivity contribution in [1.29, 1.82) is 0 Å². The molecule has 0 atom stereocenters. The lowest BCUT2D eigenvalue weighted by molar-refractivity contribution is 0.680. The Kier molecular flexibility index (Phi) is 3.95. The summed E-state index contributed by atoms with van der Waals surface area (Å²) >= 11 is 7.89. The third-order valence-electron chi connectivity index (χ3n) is 2.48. The van der Waals surface area contributed by atoms with Gasteiger partial charge in [-0.3, -0.25) is 0 Å². The fourth-order valence-electron chi connectivity index (χ4n) is 1.52. The molecule has 1 aliphatic rings. The number of halogens is 1. The minimum Gasteiger partial charge on any atom is -0.310 e. The zero-order valence-corrected chi connectivity index (χ0v) is 10.5.